The van der Waals surface area contributed by atoms with Crippen LogP contribution in [-0.4, -0.2) is 12.6 Å². The highest BCUT2D eigenvalue weighted by molar-refractivity contribution is 5.53. The minimum Gasteiger partial charge on any atom is -0.399 e. The number of anilines is 2. The lowest BCUT2D eigenvalue weighted by Gasteiger charge is -2.31. The second-order valence-corrected chi connectivity index (χ2v) is 4.40. The molecule has 0 aliphatic rings. The van der Waals surface area contributed by atoms with Gasteiger partial charge >= 0.3 is 0 Å². The second-order valence-electron chi connectivity index (χ2n) is 4.40. The Morgan fingerprint density at radius 1 is 1.19 bits per heavy atom. The first kappa shape index (κ1) is 12.9. The smallest absolute Gasteiger partial charge is 0.0370 e. The zero-order valence-corrected chi connectivity index (χ0v) is 10.7. The normalized spacial score (nSPS) is 12.4. The first-order valence-electron chi connectivity index (χ1n) is 6.31. The fourth-order valence-corrected chi connectivity index (χ4v) is 1.82. The van der Waals surface area contributed by atoms with Crippen molar-refractivity contribution < 1.29 is 0 Å². The maximum absolute atomic E-state index is 5.72. The van der Waals surface area contributed by atoms with Gasteiger partial charge in [0.05, 0.1) is 0 Å². The van der Waals surface area contributed by atoms with Crippen molar-refractivity contribution in [1.29, 1.82) is 0 Å². The second kappa shape index (κ2) is 6.41. The standard InChI is InChI=1S/C14H24N2/c1-4-6-11-16(12(3)5-2)14-9-7-13(15)8-10-14/h7-10,12H,4-6,11,15H2,1-3H3. The monoisotopic (exact) mass is 220 g/mol. The van der Waals surface area contributed by atoms with Crippen molar-refractivity contribution in [1.82, 2.24) is 0 Å². The highest BCUT2D eigenvalue weighted by atomic mass is 15.2. The lowest BCUT2D eigenvalue weighted by Crippen LogP contribution is -2.33. The van der Waals surface area contributed by atoms with Gasteiger partial charge in [-0.2, -0.15) is 0 Å². The van der Waals surface area contributed by atoms with E-state index < -0.39 is 0 Å². The van der Waals surface area contributed by atoms with Gasteiger partial charge in [-0.1, -0.05) is 20.3 Å². The third-order valence-electron chi connectivity index (χ3n) is 3.10. The Morgan fingerprint density at radius 2 is 1.81 bits per heavy atom. The summed E-state index contributed by atoms with van der Waals surface area (Å²) >= 11 is 0. The van der Waals surface area contributed by atoms with Crippen LogP contribution in [0, 0.1) is 0 Å². The quantitative estimate of drug-likeness (QED) is 0.741. The van der Waals surface area contributed by atoms with Crippen LogP contribution in [0.4, 0.5) is 11.4 Å². The zero-order valence-electron chi connectivity index (χ0n) is 10.7. The number of nitrogen functional groups attached to an aromatic ring is 1. The molecule has 0 aliphatic carbocycles. The first-order chi connectivity index (χ1) is 7.69. The average molecular weight is 220 g/mol. The third-order valence-corrected chi connectivity index (χ3v) is 3.10. The molecule has 90 valence electrons. The molecule has 2 heteroatoms. The van der Waals surface area contributed by atoms with E-state index in [4.69, 9.17) is 5.73 Å². The van der Waals surface area contributed by atoms with Gasteiger partial charge in [0.1, 0.15) is 0 Å². The summed E-state index contributed by atoms with van der Waals surface area (Å²) in [5, 5.41) is 0. The van der Waals surface area contributed by atoms with Crippen LogP contribution in [0.2, 0.25) is 0 Å². The number of hydrogen-bond donors (Lipinski definition) is 1. The average Bonchev–Trinajstić information content (AvgIpc) is 2.31. The zero-order chi connectivity index (χ0) is 12.0. The summed E-state index contributed by atoms with van der Waals surface area (Å²) in [6.07, 6.45) is 3.66. The topological polar surface area (TPSA) is 29.3 Å². The van der Waals surface area contributed by atoms with Crippen molar-refractivity contribution in [2.45, 2.75) is 46.1 Å². The molecule has 0 radical (unpaired) electrons. The molecule has 1 aromatic rings. The Hall–Kier alpha value is -1.18. The molecule has 1 unspecified atom stereocenters. The highest BCUT2D eigenvalue weighted by Crippen LogP contribution is 2.20. The summed E-state index contributed by atoms with van der Waals surface area (Å²) in [4.78, 5) is 2.48. The molecule has 0 saturated heterocycles. The summed E-state index contributed by atoms with van der Waals surface area (Å²) in [5.41, 5.74) is 7.84. The molecule has 0 spiro atoms. The van der Waals surface area contributed by atoms with E-state index in [2.05, 4.69) is 37.8 Å². The van der Waals surface area contributed by atoms with Gasteiger partial charge in [-0.25, -0.2) is 0 Å². The summed E-state index contributed by atoms with van der Waals surface area (Å²) < 4.78 is 0. The van der Waals surface area contributed by atoms with Crippen LogP contribution in [0.25, 0.3) is 0 Å². The van der Waals surface area contributed by atoms with E-state index in [1.165, 1.54) is 24.9 Å². The Labute approximate surface area is 99.5 Å². The third kappa shape index (κ3) is 3.44. The molecule has 0 aromatic heterocycles. The molecule has 0 bridgehead atoms. The van der Waals surface area contributed by atoms with Gasteiger partial charge in [0.2, 0.25) is 0 Å². The molecule has 1 rings (SSSR count). The van der Waals surface area contributed by atoms with Gasteiger partial charge in [-0.15, -0.1) is 0 Å². The molecule has 0 fully saturated rings. The van der Waals surface area contributed by atoms with Crippen molar-refractivity contribution in [2.24, 2.45) is 0 Å². The molecular formula is C14H24N2. The van der Waals surface area contributed by atoms with Crippen molar-refractivity contribution >= 4 is 11.4 Å². The van der Waals surface area contributed by atoms with Crippen LogP contribution in [0.5, 0.6) is 0 Å². The van der Waals surface area contributed by atoms with E-state index in [9.17, 15) is 0 Å². The van der Waals surface area contributed by atoms with Crippen LogP contribution < -0.4 is 10.6 Å². The molecule has 0 amide bonds. The van der Waals surface area contributed by atoms with E-state index in [-0.39, 0.29) is 0 Å². The Kier molecular flexibility index (Phi) is 5.17. The largest absolute Gasteiger partial charge is 0.399 e. The highest BCUT2D eigenvalue weighted by Gasteiger charge is 2.11. The van der Waals surface area contributed by atoms with Gasteiger partial charge in [-0.3, -0.25) is 0 Å². The minimum atomic E-state index is 0.593. The Bertz CT molecular complexity index is 292. The summed E-state index contributed by atoms with van der Waals surface area (Å²) in [6, 6.07) is 8.80. The van der Waals surface area contributed by atoms with Gasteiger partial charge in [-0.05, 0) is 44.0 Å². The van der Waals surface area contributed by atoms with Crippen molar-refractivity contribution in [3.63, 3.8) is 0 Å². The molecular weight excluding hydrogens is 196 g/mol. The lowest BCUT2D eigenvalue weighted by atomic mass is 10.1. The van der Waals surface area contributed by atoms with Crippen LogP contribution >= 0.6 is 0 Å². The fourth-order valence-electron chi connectivity index (χ4n) is 1.82. The number of unbranched alkanes of at least 4 members (excludes halogenated alkanes) is 1. The summed E-state index contributed by atoms with van der Waals surface area (Å²) in [5.74, 6) is 0. The first-order valence-corrected chi connectivity index (χ1v) is 6.31. The SMILES string of the molecule is CCCCN(c1ccc(N)cc1)C(C)CC. The summed E-state index contributed by atoms with van der Waals surface area (Å²) in [6.45, 7) is 7.89. The molecule has 0 saturated carbocycles. The molecule has 2 nitrogen and oxygen atoms in total. The van der Waals surface area contributed by atoms with E-state index in [1.807, 2.05) is 12.1 Å². The van der Waals surface area contributed by atoms with Gasteiger partial charge in [0.15, 0.2) is 0 Å². The van der Waals surface area contributed by atoms with E-state index in [0.29, 0.717) is 6.04 Å². The minimum absolute atomic E-state index is 0.593. The maximum atomic E-state index is 5.72. The maximum Gasteiger partial charge on any atom is 0.0370 e. The number of benzene rings is 1. The number of hydrogen-bond acceptors (Lipinski definition) is 2. The van der Waals surface area contributed by atoms with Crippen molar-refractivity contribution in [3.05, 3.63) is 24.3 Å². The summed E-state index contributed by atoms with van der Waals surface area (Å²) in [7, 11) is 0. The van der Waals surface area contributed by atoms with Gasteiger partial charge in [0, 0.05) is 24.0 Å². The molecule has 0 aliphatic heterocycles. The Morgan fingerprint density at radius 3 is 2.31 bits per heavy atom. The predicted molar refractivity (Wildman–Crippen MR) is 72.9 cm³/mol. The number of rotatable bonds is 6. The van der Waals surface area contributed by atoms with Crippen LogP contribution in [0.3, 0.4) is 0 Å². The number of nitrogens with zero attached hydrogens (tertiary/aromatic N) is 1. The number of nitrogens with two attached hydrogens (primary N) is 1. The molecule has 2 N–H and O–H groups in total. The van der Waals surface area contributed by atoms with Crippen LogP contribution in [0.1, 0.15) is 40.0 Å². The van der Waals surface area contributed by atoms with Crippen LogP contribution in [0.15, 0.2) is 24.3 Å². The molecule has 1 aromatic carbocycles. The van der Waals surface area contributed by atoms with E-state index >= 15 is 0 Å². The van der Waals surface area contributed by atoms with Gasteiger partial charge in [0.25, 0.3) is 0 Å². The van der Waals surface area contributed by atoms with E-state index in [0.717, 1.165) is 12.2 Å². The molecule has 16 heavy (non-hydrogen) atoms. The molecule has 0 heterocycles. The van der Waals surface area contributed by atoms with Gasteiger partial charge < -0.3 is 10.6 Å². The fraction of sp³-hybridized carbons (Fsp3) is 0.571. The van der Waals surface area contributed by atoms with Crippen molar-refractivity contribution in [3.8, 4) is 0 Å². The van der Waals surface area contributed by atoms with Crippen molar-refractivity contribution in [2.75, 3.05) is 17.2 Å². The lowest BCUT2D eigenvalue weighted by molar-refractivity contribution is 0.596. The predicted octanol–water partition coefficient (Wildman–Crippen LogP) is 3.67. The van der Waals surface area contributed by atoms with Crippen LogP contribution in [-0.2, 0) is 0 Å². The van der Waals surface area contributed by atoms with E-state index in [1.54, 1.807) is 0 Å². The Balaban J connectivity index is 2.78. The molecule has 1 atom stereocenters.